The van der Waals surface area contributed by atoms with Gasteiger partial charge in [-0.25, -0.2) is 0 Å². The summed E-state index contributed by atoms with van der Waals surface area (Å²) in [4.78, 5) is 0. The SMILES string of the molecule is Cc1ccc(C)c(CC2(CN)CCOC2C2CC2)c1. The summed E-state index contributed by atoms with van der Waals surface area (Å²) in [6, 6.07) is 6.75. The minimum Gasteiger partial charge on any atom is -0.377 e. The molecule has 1 aliphatic carbocycles. The molecule has 2 N–H and O–H groups in total. The fourth-order valence-electron chi connectivity index (χ4n) is 3.59. The Morgan fingerprint density at radius 3 is 2.79 bits per heavy atom. The average Bonchev–Trinajstić information content (AvgIpc) is 3.16. The van der Waals surface area contributed by atoms with Crippen LogP contribution in [-0.4, -0.2) is 19.3 Å². The van der Waals surface area contributed by atoms with Gasteiger partial charge in [0.15, 0.2) is 0 Å². The highest BCUT2D eigenvalue weighted by Gasteiger charge is 2.50. The van der Waals surface area contributed by atoms with Gasteiger partial charge in [-0.05, 0) is 56.6 Å². The maximum Gasteiger partial charge on any atom is 0.0675 e. The van der Waals surface area contributed by atoms with Gasteiger partial charge in [-0.2, -0.15) is 0 Å². The van der Waals surface area contributed by atoms with Gasteiger partial charge in [0.05, 0.1) is 6.10 Å². The van der Waals surface area contributed by atoms with Crippen LogP contribution in [0.2, 0.25) is 0 Å². The molecule has 0 bridgehead atoms. The zero-order valence-electron chi connectivity index (χ0n) is 12.1. The van der Waals surface area contributed by atoms with E-state index in [1.165, 1.54) is 29.5 Å². The molecule has 2 aliphatic rings. The third-order valence-corrected chi connectivity index (χ3v) is 5.00. The minimum atomic E-state index is 0.180. The Balaban J connectivity index is 1.87. The molecule has 1 aromatic carbocycles. The Bertz CT molecular complexity index is 466. The molecule has 19 heavy (non-hydrogen) atoms. The minimum absolute atomic E-state index is 0.180. The summed E-state index contributed by atoms with van der Waals surface area (Å²) in [6.45, 7) is 6.02. The summed E-state index contributed by atoms with van der Waals surface area (Å²) in [6.07, 6.45) is 5.27. The van der Waals surface area contributed by atoms with Crippen molar-refractivity contribution >= 4 is 0 Å². The first kappa shape index (κ1) is 13.1. The predicted octanol–water partition coefficient (Wildman–Crippen LogP) is 2.99. The fourth-order valence-corrected chi connectivity index (χ4v) is 3.59. The van der Waals surface area contributed by atoms with Gasteiger partial charge >= 0.3 is 0 Å². The van der Waals surface area contributed by atoms with Crippen molar-refractivity contribution in [3.05, 3.63) is 34.9 Å². The third-order valence-electron chi connectivity index (χ3n) is 5.00. The van der Waals surface area contributed by atoms with Crippen molar-refractivity contribution in [2.45, 2.75) is 45.6 Å². The van der Waals surface area contributed by atoms with E-state index in [-0.39, 0.29) is 5.41 Å². The van der Waals surface area contributed by atoms with Crippen LogP contribution in [0.4, 0.5) is 0 Å². The quantitative estimate of drug-likeness (QED) is 0.902. The van der Waals surface area contributed by atoms with Gasteiger partial charge in [0, 0.05) is 18.6 Å². The Morgan fingerprint density at radius 2 is 2.11 bits per heavy atom. The van der Waals surface area contributed by atoms with Crippen molar-refractivity contribution < 1.29 is 4.74 Å². The van der Waals surface area contributed by atoms with Crippen molar-refractivity contribution in [1.29, 1.82) is 0 Å². The van der Waals surface area contributed by atoms with Crippen LogP contribution >= 0.6 is 0 Å². The molecule has 0 amide bonds. The Morgan fingerprint density at radius 1 is 1.32 bits per heavy atom. The molecule has 2 unspecified atom stereocenters. The standard InChI is InChI=1S/C17H25NO/c1-12-3-4-13(2)15(9-12)10-17(11-18)7-8-19-16(17)14-5-6-14/h3-4,9,14,16H,5-8,10-11,18H2,1-2H3. The molecule has 0 spiro atoms. The topological polar surface area (TPSA) is 35.2 Å². The number of aryl methyl sites for hydroxylation is 2. The lowest BCUT2D eigenvalue weighted by Gasteiger charge is -2.34. The first-order valence-corrected chi connectivity index (χ1v) is 7.52. The van der Waals surface area contributed by atoms with Crippen molar-refractivity contribution in [3.63, 3.8) is 0 Å². The largest absolute Gasteiger partial charge is 0.377 e. The second kappa shape index (κ2) is 4.92. The van der Waals surface area contributed by atoms with E-state index in [0.29, 0.717) is 6.10 Å². The zero-order valence-corrected chi connectivity index (χ0v) is 12.1. The van der Waals surface area contributed by atoms with E-state index < -0.39 is 0 Å². The lowest BCUT2D eigenvalue weighted by molar-refractivity contribution is 0.0344. The molecule has 1 heterocycles. The molecule has 3 rings (SSSR count). The average molecular weight is 259 g/mol. The maximum atomic E-state index is 6.18. The lowest BCUT2D eigenvalue weighted by atomic mass is 9.73. The number of hydrogen-bond acceptors (Lipinski definition) is 2. The summed E-state index contributed by atoms with van der Waals surface area (Å²) in [5.41, 5.74) is 10.6. The maximum absolute atomic E-state index is 6.18. The molecular formula is C17H25NO. The Hall–Kier alpha value is -0.860. The van der Waals surface area contributed by atoms with Crippen LogP contribution < -0.4 is 5.73 Å². The molecule has 2 heteroatoms. The Kier molecular flexibility index (Phi) is 3.40. The number of ether oxygens (including phenoxy) is 1. The fraction of sp³-hybridized carbons (Fsp3) is 0.647. The van der Waals surface area contributed by atoms with Crippen LogP contribution in [0.25, 0.3) is 0 Å². The molecule has 2 atom stereocenters. The highest BCUT2D eigenvalue weighted by atomic mass is 16.5. The second-order valence-electron chi connectivity index (χ2n) is 6.55. The van der Waals surface area contributed by atoms with Gasteiger partial charge in [-0.3, -0.25) is 0 Å². The number of hydrogen-bond donors (Lipinski definition) is 1. The molecular weight excluding hydrogens is 234 g/mol. The number of benzene rings is 1. The van der Waals surface area contributed by atoms with Gasteiger partial charge in [-0.1, -0.05) is 23.8 Å². The van der Waals surface area contributed by atoms with Crippen LogP contribution in [-0.2, 0) is 11.2 Å². The molecule has 2 nitrogen and oxygen atoms in total. The van der Waals surface area contributed by atoms with Crippen LogP contribution in [0.3, 0.4) is 0 Å². The third kappa shape index (κ3) is 2.44. The summed E-state index contributed by atoms with van der Waals surface area (Å²) < 4.78 is 6.05. The van der Waals surface area contributed by atoms with Gasteiger partial charge < -0.3 is 10.5 Å². The monoisotopic (exact) mass is 259 g/mol. The van der Waals surface area contributed by atoms with E-state index in [4.69, 9.17) is 10.5 Å². The smallest absolute Gasteiger partial charge is 0.0675 e. The molecule has 104 valence electrons. The summed E-state index contributed by atoms with van der Waals surface area (Å²) >= 11 is 0. The lowest BCUT2D eigenvalue weighted by Crippen LogP contribution is -2.41. The molecule has 1 aliphatic heterocycles. The first-order chi connectivity index (χ1) is 9.14. The van der Waals surface area contributed by atoms with E-state index in [1.807, 2.05) is 0 Å². The van der Waals surface area contributed by atoms with Crippen molar-refractivity contribution in [1.82, 2.24) is 0 Å². The van der Waals surface area contributed by atoms with Crippen LogP contribution in [0, 0.1) is 25.2 Å². The van der Waals surface area contributed by atoms with Crippen molar-refractivity contribution in [2.24, 2.45) is 17.1 Å². The first-order valence-electron chi connectivity index (χ1n) is 7.52. The normalized spacial score (nSPS) is 30.8. The van der Waals surface area contributed by atoms with Gasteiger partial charge in [0.25, 0.3) is 0 Å². The Labute approximate surface area is 116 Å². The molecule has 1 saturated carbocycles. The van der Waals surface area contributed by atoms with Crippen molar-refractivity contribution in [2.75, 3.05) is 13.2 Å². The van der Waals surface area contributed by atoms with Crippen LogP contribution in [0.5, 0.6) is 0 Å². The highest BCUT2D eigenvalue weighted by molar-refractivity contribution is 5.32. The summed E-state index contributed by atoms with van der Waals surface area (Å²) in [5, 5.41) is 0. The predicted molar refractivity (Wildman–Crippen MR) is 78.2 cm³/mol. The van der Waals surface area contributed by atoms with Gasteiger partial charge in [-0.15, -0.1) is 0 Å². The zero-order chi connectivity index (χ0) is 13.5. The molecule has 0 radical (unpaired) electrons. The molecule has 1 saturated heterocycles. The van der Waals surface area contributed by atoms with E-state index in [9.17, 15) is 0 Å². The molecule has 0 aromatic heterocycles. The van der Waals surface area contributed by atoms with E-state index in [2.05, 4.69) is 32.0 Å². The van der Waals surface area contributed by atoms with E-state index >= 15 is 0 Å². The number of nitrogens with two attached hydrogens (primary N) is 1. The van der Waals surface area contributed by atoms with E-state index in [1.54, 1.807) is 0 Å². The molecule has 1 aromatic rings. The molecule has 2 fully saturated rings. The van der Waals surface area contributed by atoms with Crippen LogP contribution in [0.1, 0.15) is 36.0 Å². The van der Waals surface area contributed by atoms with Crippen LogP contribution in [0.15, 0.2) is 18.2 Å². The highest BCUT2D eigenvalue weighted by Crippen LogP contribution is 2.49. The van der Waals surface area contributed by atoms with Gasteiger partial charge in [0.2, 0.25) is 0 Å². The van der Waals surface area contributed by atoms with Crippen molar-refractivity contribution in [3.8, 4) is 0 Å². The summed E-state index contributed by atoms with van der Waals surface area (Å²) in [7, 11) is 0. The number of rotatable bonds is 4. The van der Waals surface area contributed by atoms with E-state index in [0.717, 1.165) is 31.9 Å². The second-order valence-corrected chi connectivity index (χ2v) is 6.55. The van der Waals surface area contributed by atoms with Gasteiger partial charge in [0.1, 0.15) is 0 Å². The summed E-state index contributed by atoms with van der Waals surface area (Å²) in [5.74, 6) is 0.774.